The van der Waals surface area contributed by atoms with Gasteiger partial charge in [0, 0.05) is 24.3 Å². The minimum atomic E-state index is -0.420. The van der Waals surface area contributed by atoms with E-state index in [4.69, 9.17) is 4.74 Å². The van der Waals surface area contributed by atoms with E-state index < -0.39 is 5.97 Å². The lowest BCUT2D eigenvalue weighted by Gasteiger charge is -2.06. The average Bonchev–Trinajstić information content (AvgIpc) is 3.07. The standard InChI is InChI=1S/C20H18N2O3S/c1-14(23)25-18-9-5-8-16(11-18)20(24)21-12-17-13-26-19(22-17)10-15-6-3-2-4-7-15/h2-9,11,13H,10,12H2,1H3,(H,21,24). The molecule has 0 bridgehead atoms. The highest BCUT2D eigenvalue weighted by molar-refractivity contribution is 7.09. The Morgan fingerprint density at radius 2 is 1.92 bits per heavy atom. The normalized spacial score (nSPS) is 10.3. The molecule has 0 unspecified atom stereocenters. The summed E-state index contributed by atoms with van der Waals surface area (Å²) < 4.78 is 5.00. The first kappa shape index (κ1) is 17.8. The number of hydrogen-bond acceptors (Lipinski definition) is 5. The minimum Gasteiger partial charge on any atom is -0.427 e. The van der Waals surface area contributed by atoms with E-state index in [1.807, 2.05) is 23.6 Å². The zero-order valence-electron chi connectivity index (χ0n) is 14.3. The fourth-order valence-electron chi connectivity index (χ4n) is 2.42. The van der Waals surface area contributed by atoms with Gasteiger partial charge in [0.1, 0.15) is 5.75 Å². The molecule has 0 spiro atoms. The van der Waals surface area contributed by atoms with Crippen molar-refractivity contribution in [2.45, 2.75) is 19.9 Å². The highest BCUT2D eigenvalue weighted by Crippen LogP contribution is 2.16. The lowest BCUT2D eigenvalue weighted by molar-refractivity contribution is -0.131. The van der Waals surface area contributed by atoms with Crippen LogP contribution in [-0.2, 0) is 17.8 Å². The van der Waals surface area contributed by atoms with E-state index in [2.05, 4.69) is 22.4 Å². The highest BCUT2D eigenvalue weighted by atomic mass is 32.1. The van der Waals surface area contributed by atoms with Gasteiger partial charge < -0.3 is 10.1 Å². The van der Waals surface area contributed by atoms with E-state index in [9.17, 15) is 9.59 Å². The van der Waals surface area contributed by atoms with Crippen molar-refractivity contribution in [3.8, 4) is 5.75 Å². The van der Waals surface area contributed by atoms with Crippen molar-refractivity contribution in [2.75, 3.05) is 0 Å². The molecule has 26 heavy (non-hydrogen) atoms. The van der Waals surface area contributed by atoms with Gasteiger partial charge in [-0.05, 0) is 23.8 Å². The molecule has 0 atom stereocenters. The zero-order valence-corrected chi connectivity index (χ0v) is 15.1. The first-order chi connectivity index (χ1) is 12.6. The predicted octanol–water partition coefficient (Wildman–Crippen LogP) is 3.59. The lowest BCUT2D eigenvalue weighted by Crippen LogP contribution is -2.23. The maximum Gasteiger partial charge on any atom is 0.308 e. The van der Waals surface area contributed by atoms with Crippen LogP contribution >= 0.6 is 11.3 Å². The van der Waals surface area contributed by atoms with Gasteiger partial charge in [0.15, 0.2) is 0 Å². The summed E-state index contributed by atoms with van der Waals surface area (Å²) in [6, 6.07) is 16.7. The highest BCUT2D eigenvalue weighted by Gasteiger charge is 2.09. The summed E-state index contributed by atoms with van der Waals surface area (Å²) in [5.74, 6) is -0.309. The smallest absolute Gasteiger partial charge is 0.308 e. The Hall–Kier alpha value is -2.99. The molecule has 5 nitrogen and oxygen atoms in total. The average molecular weight is 366 g/mol. The van der Waals surface area contributed by atoms with Crippen LogP contribution in [0.2, 0.25) is 0 Å². The molecule has 3 rings (SSSR count). The van der Waals surface area contributed by atoms with E-state index in [0.717, 1.165) is 17.1 Å². The van der Waals surface area contributed by atoms with Gasteiger partial charge >= 0.3 is 5.97 Å². The largest absolute Gasteiger partial charge is 0.427 e. The van der Waals surface area contributed by atoms with Crippen molar-refractivity contribution in [1.82, 2.24) is 10.3 Å². The SMILES string of the molecule is CC(=O)Oc1cccc(C(=O)NCc2csc(Cc3ccccc3)n2)c1. The number of aromatic nitrogens is 1. The Bertz CT molecular complexity index is 906. The number of carbonyl (C=O) groups is 2. The minimum absolute atomic E-state index is 0.239. The molecule has 1 heterocycles. The number of nitrogens with one attached hydrogen (secondary N) is 1. The molecule has 0 aliphatic heterocycles. The Kier molecular flexibility index (Phi) is 5.76. The number of carbonyl (C=O) groups excluding carboxylic acids is 2. The first-order valence-electron chi connectivity index (χ1n) is 8.14. The predicted molar refractivity (Wildman–Crippen MR) is 100 cm³/mol. The van der Waals surface area contributed by atoms with Crippen LogP contribution < -0.4 is 10.1 Å². The number of esters is 1. The van der Waals surface area contributed by atoms with Crippen LogP contribution in [-0.4, -0.2) is 16.9 Å². The van der Waals surface area contributed by atoms with Gasteiger partial charge in [0.25, 0.3) is 5.91 Å². The van der Waals surface area contributed by atoms with Crippen LogP contribution in [0.3, 0.4) is 0 Å². The summed E-state index contributed by atoms with van der Waals surface area (Å²) >= 11 is 1.58. The Balaban J connectivity index is 1.57. The van der Waals surface area contributed by atoms with Crippen LogP contribution in [0.25, 0.3) is 0 Å². The van der Waals surface area contributed by atoms with Gasteiger partial charge in [-0.3, -0.25) is 9.59 Å². The maximum absolute atomic E-state index is 12.3. The second-order valence-electron chi connectivity index (χ2n) is 5.70. The van der Waals surface area contributed by atoms with Gasteiger partial charge in [0.05, 0.1) is 17.2 Å². The summed E-state index contributed by atoms with van der Waals surface area (Å²) in [7, 11) is 0. The van der Waals surface area contributed by atoms with E-state index in [1.54, 1.807) is 35.6 Å². The van der Waals surface area contributed by atoms with Crippen LogP contribution in [0.1, 0.15) is 33.5 Å². The molecule has 0 fully saturated rings. The van der Waals surface area contributed by atoms with Crippen LogP contribution in [0.15, 0.2) is 60.0 Å². The van der Waals surface area contributed by atoms with E-state index in [1.165, 1.54) is 12.5 Å². The quantitative estimate of drug-likeness (QED) is 0.535. The van der Waals surface area contributed by atoms with Gasteiger partial charge in [-0.1, -0.05) is 36.4 Å². The second kappa shape index (κ2) is 8.40. The summed E-state index contributed by atoms with van der Waals surface area (Å²) in [5, 5.41) is 5.80. The molecule has 3 aromatic rings. The number of nitrogens with zero attached hydrogens (tertiary/aromatic N) is 1. The van der Waals surface area contributed by atoms with Crippen molar-refractivity contribution in [3.05, 3.63) is 81.8 Å². The fraction of sp³-hybridized carbons (Fsp3) is 0.150. The van der Waals surface area contributed by atoms with Crippen LogP contribution in [0, 0.1) is 0 Å². The van der Waals surface area contributed by atoms with E-state index >= 15 is 0 Å². The summed E-state index contributed by atoms with van der Waals surface area (Å²) in [6.45, 7) is 1.67. The van der Waals surface area contributed by atoms with Gasteiger partial charge in [0.2, 0.25) is 0 Å². The Morgan fingerprint density at radius 3 is 2.69 bits per heavy atom. The third kappa shape index (κ3) is 5.00. The monoisotopic (exact) mass is 366 g/mol. The van der Waals surface area contributed by atoms with Crippen molar-refractivity contribution < 1.29 is 14.3 Å². The third-order valence-electron chi connectivity index (χ3n) is 3.59. The lowest BCUT2D eigenvalue weighted by atomic mass is 10.2. The molecule has 1 aromatic heterocycles. The van der Waals surface area contributed by atoms with Crippen LogP contribution in [0.5, 0.6) is 5.75 Å². The van der Waals surface area contributed by atoms with E-state index in [-0.39, 0.29) is 5.91 Å². The number of ether oxygens (including phenoxy) is 1. The molecular weight excluding hydrogens is 348 g/mol. The topological polar surface area (TPSA) is 68.3 Å². The first-order valence-corrected chi connectivity index (χ1v) is 9.02. The number of benzene rings is 2. The molecular formula is C20H18N2O3S. The molecule has 1 amide bonds. The van der Waals surface area contributed by atoms with Gasteiger partial charge in [-0.2, -0.15) is 0 Å². The van der Waals surface area contributed by atoms with Gasteiger partial charge in [-0.25, -0.2) is 4.98 Å². The summed E-state index contributed by atoms with van der Waals surface area (Å²) in [5.41, 5.74) is 2.47. The number of rotatable bonds is 6. The molecule has 132 valence electrons. The van der Waals surface area contributed by atoms with Crippen molar-refractivity contribution in [1.29, 1.82) is 0 Å². The fourth-order valence-corrected chi connectivity index (χ4v) is 3.25. The molecule has 0 aliphatic rings. The third-order valence-corrected chi connectivity index (χ3v) is 4.48. The molecule has 0 saturated heterocycles. The summed E-state index contributed by atoms with van der Waals surface area (Å²) in [4.78, 5) is 27.8. The molecule has 2 aromatic carbocycles. The van der Waals surface area contributed by atoms with Crippen molar-refractivity contribution in [2.24, 2.45) is 0 Å². The maximum atomic E-state index is 12.3. The van der Waals surface area contributed by atoms with Gasteiger partial charge in [-0.15, -0.1) is 11.3 Å². The molecule has 6 heteroatoms. The Labute approximate surface area is 155 Å². The molecule has 1 N–H and O–H groups in total. The van der Waals surface area contributed by atoms with Crippen LogP contribution in [0.4, 0.5) is 0 Å². The Morgan fingerprint density at radius 1 is 1.12 bits per heavy atom. The van der Waals surface area contributed by atoms with Crippen molar-refractivity contribution in [3.63, 3.8) is 0 Å². The zero-order chi connectivity index (χ0) is 18.4. The molecule has 0 radical (unpaired) electrons. The van der Waals surface area contributed by atoms with Crippen molar-refractivity contribution >= 4 is 23.2 Å². The second-order valence-corrected chi connectivity index (χ2v) is 6.64. The number of amides is 1. The summed E-state index contributed by atoms with van der Waals surface area (Å²) in [6.07, 6.45) is 0.782. The molecule has 0 saturated carbocycles. The number of thiazole rings is 1. The molecule has 0 aliphatic carbocycles. The number of hydrogen-bond donors (Lipinski definition) is 1. The van der Waals surface area contributed by atoms with E-state index in [0.29, 0.717) is 17.9 Å².